The molecule has 4 rings (SSSR count). The van der Waals surface area contributed by atoms with Crippen molar-refractivity contribution < 1.29 is 27.9 Å². The molecule has 264 valence electrons. The Morgan fingerprint density at radius 1 is 0.979 bits per heavy atom. The number of nitrogens with zero attached hydrogens (tertiary/aromatic N) is 2. The van der Waals surface area contributed by atoms with E-state index >= 15 is 0 Å². The fraction of sp³-hybridized carbons (Fsp3) is 0.611. The van der Waals surface area contributed by atoms with Crippen molar-refractivity contribution in [2.24, 2.45) is 11.8 Å². The van der Waals surface area contributed by atoms with E-state index in [1.54, 1.807) is 6.07 Å². The highest BCUT2D eigenvalue weighted by molar-refractivity contribution is 7.92. The van der Waals surface area contributed by atoms with Gasteiger partial charge in [0.25, 0.3) is 5.91 Å². The lowest BCUT2D eigenvalue weighted by atomic mass is 9.72. The Labute approximate surface area is 285 Å². The lowest BCUT2D eigenvalue weighted by Crippen LogP contribution is -2.64. The number of carbonyl (C=O) groups excluding carboxylic acids is 3. The number of hydrogen-bond acceptors (Lipinski definition) is 8. The predicted molar refractivity (Wildman–Crippen MR) is 186 cm³/mol. The first kappa shape index (κ1) is 37.5. The summed E-state index contributed by atoms with van der Waals surface area (Å²) in [6, 6.07) is 9.70. The number of benzene rings is 1. The Morgan fingerprint density at radius 3 is 2.25 bits per heavy atom. The lowest BCUT2D eigenvalue weighted by Gasteiger charge is -2.47. The molecule has 2 aromatic rings. The van der Waals surface area contributed by atoms with Gasteiger partial charge in [-0.05, 0) is 83.4 Å². The average Bonchev–Trinajstić information content (AvgIpc) is 3.02. The molecule has 2 unspecified atom stereocenters. The van der Waals surface area contributed by atoms with Crippen molar-refractivity contribution in [3.05, 3.63) is 66.0 Å². The number of β-amino-alcohol motifs (C(OH)–C–C–N with tert-alkyl or cyclic N) is 1. The maximum atomic E-state index is 14.1. The van der Waals surface area contributed by atoms with E-state index in [0.717, 1.165) is 37.5 Å². The van der Waals surface area contributed by atoms with Crippen LogP contribution in [0.5, 0.6) is 0 Å². The molecule has 1 saturated carbocycles. The molecule has 4 N–H and O–H groups in total. The van der Waals surface area contributed by atoms with Crippen LogP contribution >= 0.6 is 0 Å². The van der Waals surface area contributed by atoms with Gasteiger partial charge < -0.3 is 21.1 Å². The number of sulfone groups is 1. The molecular weight excluding hydrogens is 630 g/mol. The Hall–Kier alpha value is -3.35. The first-order chi connectivity index (χ1) is 22.5. The lowest BCUT2D eigenvalue weighted by molar-refractivity contribution is -0.133. The fourth-order valence-electron chi connectivity index (χ4n) is 6.89. The molecule has 0 radical (unpaired) electrons. The van der Waals surface area contributed by atoms with Crippen molar-refractivity contribution in [1.29, 1.82) is 0 Å². The Bertz CT molecular complexity index is 1510. The van der Waals surface area contributed by atoms with Crippen LogP contribution in [0.4, 0.5) is 0 Å². The summed E-state index contributed by atoms with van der Waals surface area (Å²) in [6.07, 6.45) is 8.17. The van der Waals surface area contributed by atoms with Gasteiger partial charge in [-0.3, -0.25) is 24.3 Å². The van der Waals surface area contributed by atoms with Crippen LogP contribution in [-0.4, -0.2) is 95.0 Å². The van der Waals surface area contributed by atoms with Crippen molar-refractivity contribution in [1.82, 2.24) is 25.8 Å². The van der Waals surface area contributed by atoms with E-state index < -0.39 is 56.2 Å². The molecular formula is C36H53N5O6S. The van der Waals surface area contributed by atoms with Crippen LogP contribution in [0.2, 0.25) is 0 Å². The van der Waals surface area contributed by atoms with E-state index in [-0.39, 0.29) is 24.4 Å². The minimum atomic E-state index is -3.86. The highest BCUT2D eigenvalue weighted by Crippen LogP contribution is 2.39. The molecule has 12 heteroatoms. The van der Waals surface area contributed by atoms with Gasteiger partial charge in [0.15, 0.2) is 9.84 Å². The van der Waals surface area contributed by atoms with Gasteiger partial charge in [0.05, 0.1) is 28.5 Å². The number of pyridine rings is 1. The normalized spacial score (nSPS) is 22.4. The molecule has 3 amide bonds. The van der Waals surface area contributed by atoms with E-state index in [1.165, 1.54) is 32.3 Å². The van der Waals surface area contributed by atoms with Crippen LogP contribution in [-0.2, 0) is 25.8 Å². The van der Waals surface area contributed by atoms with Crippen LogP contribution in [0.25, 0.3) is 0 Å². The van der Waals surface area contributed by atoms with Gasteiger partial charge in [0.2, 0.25) is 11.8 Å². The zero-order chi connectivity index (χ0) is 35.3. The van der Waals surface area contributed by atoms with E-state index in [9.17, 15) is 27.9 Å². The van der Waals surface area contributed by atoms with E-state index in [1.807, 2.05) is 51.1 Å². The number of carbonyl (C=O) groups is 3. The largest absolute Gasteiger partial charge is 0.390 e. The van der Waals surface area contributed by atoms with Crippen molar-refractivity contribution >= 4 is 27.6 Å². The molecule has 0 spiro atoms. The molecule has 2 aliphatic rings. The Kier molecular flexibility index (Phi) is 12.1. The van der Waals surface area contributed by atoms with Crippen molar-refractivity contribution in [3.63, 3.8) is 0 Å². The van der Waals surface area contributed by atoms with Crippen LogP contribution in [0, 0.1) is 11.8 Å². The summed E-state index contributed by atoms with van der Waals surface area (Å²) in [5.74, 6) is -0.589. The second kappa shape index (κ2) is 15.5. The number of likely N-dealkylation sites (tertiary alicyclic amines) is 1. The molecule has 6 atom stereocenters. The van der Waals surface area contributed by atoms with Crippen LogP contribution in [0.1, 0.15) is 82.6 Å². The minimum absolute atomic E-state index is 0.0737. The summed E-state index contributed by atoms with van der Waals surface area (Å²) < 4.78 is 24.2. The van der Waals surface area contributed by atoms with Gasteiger partial charge in [-0.1, -0.05) is 49.6 Å². The molecule has 2 fully saturated rings. The van der Waals surface area contributed by atoms with Gasteiger partial charge in [-0.25, -0.2) is 8.42 Å². The second-order valence-electron chi connectivity index (χ2n) is 15.1. The molecule has 1 aromatic carbocycles. The molecule has 1 aliphatic carbocycles. The van der Waals surface area contributed by atoms with Crippen molar-refractivity contribution in [3.8, 4) is 0 Å². The zero-order valence-electron chi connectivity index (χ0n) is 29.1. The average molecular weight is 684 g/mol. The van der Waals surface area contributed by atoms with E-state index in [0.29, 0.717) is 24.8 Å². The van der Waals surface area contributed by atoms with E-state index in [4.69, 9.17) is 0 Å². The van der Waals surface area contributed by atoms with Crippen molar-refractivity contribution in [2.45, 2.75) is 108 Å². The van der Waals surface area contributed by atoms with Gasteiger partial charge in [0, 0.05) is 37.3 Å². The number of aromatic nitrogens is 1. The fourth-order valence-corrected chi connectivity index (χ4v) is 7.49. The third-order valence-corrected chi connectivity index (χ3v) is 12.1. The van der Waals surface area contributed by atoms with Crippen LogP contribution in [0.15, 0.2) is 54.9 Å². The van der Waals surface area contributed by atoms with Gasteiger partial charge >= 0.3 is 0 Å². The number of rotatable bonds is 12. The van der Waals surface area contributed by atoms with Crippen LogP contribution in [0.3, 0.4) is 0 Å². The number of amides is 3. The molecule has 11 nitrogen and oxygen atoms in total. The first-order valence-electron chi connectivity index (χ1n) is 16.9. The number of aliphatic hydroxyl groups excluding tert-OH is 1. The molecule has 1 saturated heterocycles. The summed E-state index contributed by atoms with van der Waals surface area (Å²) in [4.78, 5) is 47.0. The molecule has 1 aromatic heterocycles. The van der Waals surface area contributed by atoms with E-state index in [2.05, 4.69) is 25.8 Å². The highest BCUT2D eigenvalue weighted by Gasteiger charge is 2.46. The van der Waals surface area contributed by atoms with Gasteiger partial charge in [0.1, 0.15) is 6.04 Å². The summed E-state index contributed by atoms with van der Waals surface area (Å²) in [5.41, 5.74) is 0.607. The zero-order valence-corrected chi connectivity index (χ0v) is 29.9. The minimum Gasteiger partial charge on any atom is -0.390 e. The smallest absolute Gasteiger partial charge is 0.253 e. The molecule has 48 heavy (non-hydrogen) atoms. The van der Waals surface area contributed by atoms with Crippen molar-refractivity contribution in [2.75, 3.05) is 19.3 Å². The SMILES string of the molecule is CC(C)(C)NC(=O)[C@@H]1CC2CCCCC2CN1C[C@@H](O)[C@H](Cc1ccccc1)NC(=O)[C@@H](NC(=O)c1cccnc1)C(C)(C)S(C)(=O)=O. The maximum Gasteiger partial charge on any atom is 0.253 e. The third kappa shape index (κ3) is 9.63. The second-order valence-corrected chi connectivity index (χ2v) is 17.7. The Morgan fingerprint density at radius 2 is 1.65 bits per heavy atom. The Balaban J connectivity index is 1.63. The topological polar surface area (TPSA) is 158 Å². The first-order valence-corrected chi connectivity index (χ1v) is 18.8. The summed E-state index contributed by atoms with van der Waals surface area (Å²) in [7, 11) is -3.86. The number of fused-ring (bicyclic) bond motifs is 1. The third-order valence-electron chi connectivity index (χ3n) is 9.93. The molecule has 1 aliphatic heterocycles. The van der Waals surface area contributed by atoms with Gasteiger partial charge in [-0.15, -0.1) is 0 Å². The standard InChI is InChI=1S/C36H53N5O6S/c1-35(2,3)40-33(44)29-20-25-15-10-11-16-27(25)22-41(29)23-30(42)28(19-24-13-8-7-9-14-24)38-34(45)31(36(4,5)48(6,46)47)39-32(43)26-17-12-18-37-21-26/h7-9,12-14,17-18,21,25,27-31,42H,10-11,15-16,19-20,22-23H2,1-6H3,(H,38,45)(H,39,43)(H,40,44)/t25?,27?,28-,29-,30+,31+/m0/s1. The predicted octanol–water partition coefficient (Wildman–Crippen LogP) is 2.89. The quantitative estimate of drug-likeness (QED) is 0.266. The maximum absolute atomic E-state index is 14.1. The monoisotopic (exact) mass is 683 g/mol. The summed E-state index contributed by atoms with van der Waals surface area (Å²) in [5, 5.41) is 20.6. The molecule has 2 heterocycles. The number of hydrogen-bond donors (Lipinski definition) is 4. The number of nitrogens with one attached hydrogen (secondary N) is 3. The summed E-state index contributed by atoms with van der Waals surface area (Å²) >= 11 is 0. The highest BCUT2D eigenvalue weighted by atomic mass is 32.2. The molecule has 0 bridgehead atoms. The summed E-state index contributed by atoms with van der Waals surface area (Å²) in [6.45, 7) is 9.43. The number of piperidine rings is 1. The van der Waals surface area contributed by atoms with Crippen LogP contribution < -0.4 is 16.0 Å². The van der Waals surface area contributed by atoms with Gasteiger partial charge in [-0.2, -0.15) is 0 Å². The number of aliphatic hydroxyl groups is 1.